The van der Waals surface area contributed by atoms with Crippen molar-refractivity contribution in [2.45, 2.75) is 99.0 Å². The van der Waals surface area contributed by atoms with Gasteiger partial charge in [0.25, 0.3) is 0 Å². The third-order valence-electron chi connectivity index (χ3n) is 3.96. The standard InChI is InChI=1S/C18H31N3O.C2H6/c1-5-8-10-11-15(4)21(17(22)7-3)18-19-13-16(14-20-18)12-9-6-2;1-2/h13-15H,5-12H2,1-4H3;1-2H3. The lowest BCUT2D eigenvalue weighted by Gasteiger charge is -2.27. The molecule has 0 aliphatic carbocycles. The molecule has 0 fully saturated rings. The molecule has 138 valence electrons. The van der Waals surface area contributed by atoms with E-state index in [2.05, 4.69) is 30.7 Å². The minimum atomic E-state index is 0.102. The van der Waals surface area contributed by atoms with Gasteiger partial charge in [-0.25, -0.2) is 9.97 Å². The Morgan fingerprint density at radius 3 is 2.12 bits per heavy atom. The number of nitrogens with zero attached hydrogens (tertiary/aromatic N) is 3. The van der Waals surface area contributed by atoms with Gasteiger partial charge in [-0.1, -0.05) is 60.3 Å². The minimum Gasteiger partial charge on any atom is -0.278 e. The van der Waals surface area contributed by atoms with Crippen molar-refractivity contribution in [1.29, 1.82) is 0 Å². The second-order valence-electron chi connectivity index (χ2n) is 5.96. The Bertz CT molecular complexity index is 431. The van der Waals surface area contributed by atoms with Crippen molar-refractivity contribution in [3.63, 3.8) is 0 Å². The lowest BCUT2D eigenvalue weighted by molar-refractivity contribution is -0.118. The highest BCUT2D eigenvalue weighted by molar-refractivity contribution is 5.91. The normalized spacial score (nSPS) is 11.4. The molecule has 0 N–H and O–H groups in total. The molecule has 4 nitrogen and oxygen atoms in total. The molecular formula is C20H37N3O. The fraction of sp³-hybridized carbons (Fsp3) is 0.750. The van der Waals surface area contributed by atoms with Gasteiger partial charge in [-0.15, -0.1) is 0 Å². The highest BCUT2D eigenvalue weighted by Crippen LogP contribution is 2.18. The minimum absolute atomic E-state index is 0.102. The molecule has 1 aromatic heterocycles. The Hall–Kier alpha value is -1.45. The number of anilines is 1. The van der Waals surface area contributed by atoms with Crippen molar-refractivity contribution in [2.75, 3.05) is 4.90 Å². The van der Waals surface area contributed by atoms with Crippen LogP contribution in [0.1, 0.15) is 92.1 Å². The van der Waals surface area contributed by atoms with E-state index in [0.717, 1.165) is 37.7 Å². The number of unbranched alkanes of at least 4 members (excludes halogenated alkanes) is 3. The van der Waals surface area contributed by atoms with Gasteiger partial charge in [-0.2, -0.15) is 0 Å². The summed E-state index contributed by atoms with van der Waals surface area (Å²) >= 11 is 0. The number of rotatable bonds is 10. The molecule has 0 aliphatic heterocycles. The molecule has 0 saturated carbocycles. The van der Waals surface area contributed by atoms with Crippen LogP contribution in [0.3, 0.4) is 0 Å². The first-order chi connectivity index (χ1) is 11.6. The second-order valence-corrected chi connectivity index (χ2v) is 5.96. The zero-order chi connectivity index (χ0) is 18.4. The van der Waals surface area contributed by atoms with E-state index in [4.69, 9.17) is 0 Å². The summed E-state index contributed by atoms with van der Waals surface area (Å²) in [5.41, 5.74) is 1.15. The lowest BCUT2D eigenvalue weighted by atomic mass is 10.1. The Morgan fingerprint density at radius 2 is 1.62 bits per heavy atom. The van der Waals surface area contributed by atoms with Crippen LogP contribution in [0.15, 0.2) is 12.4 Å². The zero-order valence-corrected chi connectivity index (χ0v) is 16.6. The molecule has 0 spiro atoms. The number of aromatic nitrogens is 2. The number of aryl methyl sites for hydroxylation is 1. The molecule has 1 aromatic rings. The van der Waals surface area contributed by atoms with Gasteiger partial charge >= 0.3 is 0 Å². The van der Waals surface area contributed by atoms with Gasteiger partial charge in [-0.05, 0) is 31.7 Å². The van der Waals surface area contributed by atoms with Gasteiger partial charge in [0.2, 0.25) is 11.9 Å². The summed E-state index contributed by atoms with van der Waals surface area (Å²) in [6, 6.07) is 0.153. The Kier molecular flexibility index (Phi) is 13.1. The predicted molar refractivity (Wildman–Crippen MR) is 103 cm³/mol. The maximum absolute atomic E-state index is 12.3. The van der Waals surface area contributed by atoms with Crippen LogP contribution in [0, 0.1) is 0 Å². The quantitative estimate of drug-likeness (QED) is 0.526. The third kappa shape index (κ3) is 7.89. The van der Waals surface area contributed by atoms with Gasteiger partial charge in [0.15, 0.2) is 0 Å². The van der Waals surface area contributed by atoms with Crippen molar-refractivity contribution in [1.82, 2.24) is 9.97 Å². The van der Waals surface area contributed by atoms with Crippen LogP contribution in [0.25, 0.3) is 0 Å². The number of hydrogen-bond donors (Lipinski definition) is 0. The van der Waals surface area contributed by atoms with Crippen molar-refractivity contribution in [3.05, 3.63) is 18.0 Å². The Balaban J connectivity index is 0.00000254. The molecule has 1 rings (SSSR count). The van der Waals surface area contributed by atoms with Crippen LogP contribution in [-0.2, 0) is 11.2 Å². The molecule has 24 heavy (non-hydrogen) atoms. The number of carbonyl (C=O) groups excluding carboxylic acids is 1. The molecule has 4 heteroatoms. The molecule has 1 atom stereocenters. The fourth-order valence-electron chi connectivity index (χ4n) is 2.53. The summed E-state index contributed by atoms with van der Waals surface area (Å²) < 4.78 is 0. The molecule has 1 heterocycles. The SMILES string of the molecule is CC.CCCCCC(C)N(C(=O)CC)c1ncc(CCCC)cn1. The first-order valence-corrected chi connectivity index (χ1v) is 9.76. The van der Waals surface area contributed by atoms with Crippen LogP contribution < -0.4 is 4.90 Å². The van der Waals surface area contributed by atoms with Gasteiger partial charge in [0.05, 0.1) is 0 Å². The maximum atomic E-state index is 12.3. The Morgan fingerprint density at radius 1 is 1.04 bits per heavy atom. The van der Waals surface area contributed by atoms with E-state index in [9.17, 15) is 4.79 Å². The van der Waals surface area contributed by atoms with Crippen LogP contribution in [-0.4, -0.2) is 21.9 Å². The first kappa shape index (κ1) is 22.6. The highest BCUT2D eigenvalue weighted by Gasteiger charge is 2.22. The van der Waals surface area contributed by atoms with Crippen molar-refractivity contribution in [3.8, 4) is 0 Å². The second kappa shape index (κ2) is 13.9. The third-order valence-corrected chi connectivity index (χ3v) is 3.96. The molecule has 0 bridgehead atoms. The molecule has 0 radical (unpaired) electrons. The van der Waals surface area contributed by atoms with Crippen LogP contribution in [0.4, 0.5) is 5.95 Å². The molecule has 0 aromatic carbocycles. The van der Waals surface area contributed by atoms with E-state index in [1.165, 1.54) is 12.8 Å². The summed E-state index contributed by atoms with van der Waals surface area (Å²) in [5.74, 6) is 0.654. The fourth-order valence-corrected chi connectivity index (χ4v) is 2.53. The lowest BCUT2D eigenvalue weighted by Crippen LogP contribution is -2.39. The highest BCUT2D eigenvalue weighted by atomic mass is 16.2. The van der Waals surface area contributed by atoms with E-state index in [1.807, 2.05) is 33.2 Å². The van der Waals surface area contributed by atoms with Gasteiger partial charge in [0.1, 0.15) is 0 Å². The van der Waals surface area contributed by atoms with Crippen molar-refractivity contribution < 1.29 is 4.79 Å². The first-order valence-electron chi connectivity index (χ1n) is 9.76. The van der Waals surface area contributed by atoms with Crippen LogP contribution in [0.5, 0.6) is 0 Å². The summed E-state index contributed by atoms with van der Waals surface area (Å²) in [6.45, 7) is 12.4. The van der Waals surface area contributed by atoms with Crippen molar-refractivity contribution >= 4 is 11.9 Å². The average Bonchev–Trinajstić information content (AvgIpc) is 2.63. The zero-order valence-electron chi connectivity index (χ0n) is 16.6. The smallest absolute Gasteiger partial charge is 0.232 e. The molecule has 1 unspecified atom stereocenters. The molecular weight excluding hydrogens is 298 g/mol. The number of amides is 1. The maximum Gasteiger partial charge on any atom is 0.232 e. The van der Waals surface area contributed by atoms with E-state index in [-0.39, 0.29) is 11.9 Å². The monoisotopic (exact) mass is 335 g/mol. The summed E-state index contributed by atoms with van der Waals surface area (Å²) in [5, 5.41) is 0. The van der Waals surface area contributed by atoms with E-state index in [1.54, 1.807) is 4.90 Å². The van der Waals surface area contributed by atoms with E-state index in [0.29, 0.717) is 12.4 Å². The van der Waals surface area contributed by atoms with E-state index < -0.39 is 0 Å². The van der Waals surface area contributed by atoms with Crippen LogP contribution >= 0.6 is 0 Å². The predicted octanol–water partition coefficient (Wildman–Crippen LogP) is 5.56. The number of carbonyl (C=O) groups is 1. The summed E-state index contributed by atoms with van der Waals surface area (Å²) in [6.07, 6.45) is 12.1. The molecule has 0 saturated heterocycles. The summed E-state index contributed by atoms with van der Waals surface area (Å²) in [4.78, 5) is 23.0. The average molecular weight is 336 g/mol. The summed E-state index contributed by atoms with van der Waals surface area (Å²) in [7, 11) is 0. The molecule has 1 amide bonds. The van der Waals surface area contributed by atoms with Crippen LogP contribution in [0.2, 0.25) is 0 Å². The topological polar surface area (TPSA) is 46.1 Å². The van der Waals surface area contributed by atoms with Gasteiger partial charge in [-0.3, -0.25) is 9.69 Å². The van der Waals surface area contributed by atoms with Gasteiger partial charge in [0, 0.05) is 24.9 Å². The number of hydrogen-bond acceptors (Lipinski definition) is 3. The molecule has 0 aliphatic rings. The van der Waals surface area contributed by atoms with E-state index >= 15 is 0 Å². The largest absolute Gasteiger partial charge is 0.278 e. The van der Waals surface area contributed by atoms with Gasteiger partial charge < -0.3 is 0 Å². The van der Waals surface area contributed by atoms with Crippen molar-refractivity contribution in [2.24, 2.45) is 0 Å². The Labute approximate surface area is 149 Å².